The summed E-state index contributed by atoms with van der Waals surface area (Å²) in [7, 11) is 0. The highest BCUT2D eigenvalue weighted by molar-refractivity contribution is 5.40. The first-order valence-electron chi connectivity index (χ1n) is 5.28. The summed E-state index contributed by atoms with van der Waals surface area (Å²) in [6.07, 6.45) is 5.50. The standard InChI is InChI=1S/C10H11N5O/c1-3-7(11-4-1)10-14-9(15-16-10)8-12-5-2-6-13-8/h2,5-7,11H,1,3-4H2/t7-/m1/s1. The highest BCUT2D eigenvalue weighted by Gasteiger charge is 2.23. The summed E-state index contributed by atoms with van der Waals surface area (Å²) < 4.78 is 5.20. The zero-order valence-electron chi connectivity index (χ0n) is 8.63. The average Bonchev–Trinajstić information content (AvgIpc) is 3.01. The van der Waals surface area contributed by atoms with E-state index in [1.807, 2.05) is 0 Å². The van der Waals surface area contributed by atoms with Gasteiger partial charge in [0.15, 0.2) is 0 Å². The predicted molar refractivity (Wildman–Crippen MR) is 55.3 cm³/mol. The molecular formula is C10H11N5O. The van der Waals surface area contributed by atoms with E-state index in [0.29, 0.717) is 17.5 Å². The van der Waals surface area contributed by atoms with E-state index in [1.165, 1.54) is 0 Å². The third kappa shape index (κ3) is 1.67. The fourth-order valence-electron chi connectivity index (χ4n) is 1.78. The summed E-state index contributed by atoms with van der Waals surface area (Å²) >= 11 is 0. The minimum Gasteiger partial charge on any atom is -0.337 e. The van der Waals surface area contributed by atoms with E-state index in [-0.39, 0.29) is 6.04 Å². The van der Waals surface area contributed by atoms with Gasteiger partial charge in [-0.05, 0) is 25.5 Å². The Balaban J connectivity index is 1.87. The van der Waals surface area contributed by atoms with Gasteiger partial charge in [0.2, 0.25) is 17.5 Å². The molecule has 0 aromatic carbocycles. The van der Waals surface area contributed by atoms with E-state index < -0.39 is 0 Å². The fraction of sp³-hybridized carbons (Fsp3) is 0.400. The molecule has 6 heteroatoms. The molecule has 0 unspecified atom stereocenters. The first-order valence-corrected chi connectivity index (χ1v) is 5.28. The molecule has 1 aliphatic rings. The maximum Gasteiger partial charge on any atom is 0.244 e. The lowest BCUT2D eigenvalue weighted by Crippen LogP contribution is -2.13. The van der Waals surface area contributed by atoms with Crippen molar-refractivity contribution in [1.82, 2.24) is 25.4 Å². The smallest absolute Gasteiger partial charge is 0.244 e. The van der Waals surface area contributed by atoms with E-state index in [0.717, 1.165) is 19.4 Å². The second kappa shape index (κ2) is 3.97. The predicted octanol–water partition coefficient (Wildman–Crippen LogP) is 0.951. The molecule has 3 rings (SSSR count). The van der Waals surface area contributed by atoms with Crippen LogP contribution in [0.4, 0.5) is 0 Å². The molecule has 6 nitrogen and oxygen atoms in total. The molecule has 0 saturated carbocycles. The zero-order valence-corrected chi connectivity index (χ0v) is 8.63. The van der Waals surface area contributed by atoms with Crippen LogP contribution in [0.1, 0.15) is 24.8 Å². The SMILES string of the molecule is c1cnc(-c2noc([C@H]3CCCN3)n2)nc1. The molecule has 3 heterocycles. The van der Waals surface area contributed by atoms with Gasteiger partial charge in [0.25, 0.3) is 0 Å². The summed E-state index contributed by atoms with van der Waals surface area (Å²) in [6.45, 7) is 1.00. The monoisotopic (exact) mass is 217 g/mol. The lowest BCUT2D eigenvalue weighted by atomic mass is 10.2. The zero-order chi connectivity index (χ0) is 10.8. The normalized spacial score (nSPS) is 20.1. The lowest BCUT2D eigenvalue weighted by molar-refractivity contribution is 0.344. The molecule has 0 aliphatic carbocycles. The van der Waals surface area contributed by atoms with Gasteiger partial charge in [-0.25, -0.2) is 9.97 Å². The van der Waals surface area contributed by atoms with Crippen LogP contribution in [-0.4, -0.2) is 26.7 Å². The largest absolute Gasteiger partial charge is 0.337 e. The Morgan fingerprint density at radius 3 is 2.88 bits per heavy atom. The molecule has 1 N–H and O–H groups in total. The van der Waals surface area contributed by atoms with Crippen LogP contribution in [0.2, 0.25) is 0 Å². The maximum atomic E-state index is 5.20. The van der Waals surface area contributed by atoms with Gasteiger partial charge in [-0.2, -0.15) is 4.98 Å². The van der Waals surface area contributed by atoms with Gasteiger partial charge < -0.3 is 9.84 Å². The van der Waals surface area contributed by atoms with Gasteiger partial charge >= 0.3 is 0 Å². The molecule has 1 aliphatic heterocycles. The minimum atomic E-state index is 0.185. The molecule has 1 fully saturated rings. The molecule has 82 valence electrons. The second-order valence-corrected chi connectivity index (χ2v) is 3.68. The second-order valence-electron chi connectivity index (χ2n) is 3.68. The number of nitrogens with zero attached hydrogens (tertiary/aromatic N) is 4. The summed E-state index contributed by atoms with van der Waals surface area (Å²) in [5, 5.41) is 7.18. The molecule has 1 atom stereocenters. The van der Waals surface area contributed by atoms with Crippen LogP contribution in [0.15, 0.2) is 23.0 Å². The average molecular weight is 217 g/mol. The molecule has 0 spiro atoms. The third-order valence-electron chi connectivity index (χ3n) is 2.57. The van der Waals surface area contributed by atoms with Gasteiger partial charge in [-0.15, -0.1) is 0 Å². The number of hydrogen-bond donors (Lipinski definition) is 1. The Kier molecular flexibility index (Phi) is 2.34. The van der Waals surface area contributed by atoms with Crippen molar-refractivity contribution < 1.29 is 4.52 Å². The highest BCUT2D eigenvalue weighted by Crippen LogP contribution is 2.22. The van der Waals surface area contributed by atoms with Crippen LogP contribution < -0.4 is 5.32 Å². The fourth-order valence-corrected chi connectivity index (χ4v) is 1.78. The highest BCUT2D eigenvalue weighted by atomic mass is 16.5. The van der Waals surface area contributed by atoms with Crippen molar-refractivity contribution >= 4 is 0 Å². The van der Waals surface area contributed by atoms with E-state index in [9.17, 15) is 0 Å². The molecule has 2 aromatic rings. The number of hydrogen-bond acceptors (Lipinski definition) is 6. The molecule has 2 aromatic heterocycles. The summed E-state index contributed by atoms with van der Waals surface area (Å²) in [5.41, 5.74) is 0. The van der Waals surface area contributed by atoms with Crippen molar-refractivity contribution in [3.63, 3.8) is 0 Å². The van der Waals surface area contributed by atoms with Crippen molar-refractivity contribution in [2.75, 3.05) is 6.54 Å². The topological polar surface area (TPSA) is 76.7 Å². The van der Waals surface area contributed by atoms with Crippen molar-refractivity contribution in [2.24, 2.45) is 0 Å². The Bertz CT molecular complexity index is 463. The first kappa shape index (κ1) is 9.41. The van der Waals surface area contributed by atoms with Crippen LogP contribution in [0, 0.1) is 0 Å². The van der Waals surface area contributed by atoms with Gasteiger partial charge in [0, 0.05) is 12.4 Å². The summed E-state index contributed by atoms with van der Waals surface area (Å²) in [4.78, 5) is 12.4. The van der Waals surface area contributed by atoms with Crippen LogP contribution >= 0.6 is 0 Å². The Labute approximate surface area is 92.1 Å². The van der Waals surface area contributed by atoms with Crippen molar-refractivity contribution in [3.8, 4) is 11.6 Å². The molecule has 0 radical (unpaired) electrons. The van der Waals surface area contributed by atoms with Crippen molar-refractivity contribution in [1.29, 1.82) is 0 Å². The lowest BCUT2D eigenvalue weighted by Gasteiger charge is -2.01. The van der Waals surface area contributed by atoms with Gasteiger partial charge in [0.1, 0.15) is 0 Å². The van der Waals surface area contributed by atoms with Gasteiger partial charge in [-0.3, -0.25) is 0 Å². The van der Waals surface area contributed by atoms with Crippen LogP contribution in [0.3, 0.4) is 0 Å². The maximum absolute atomic E-state index is 5.20. The molecule has 0 amide bonds. The van der Waals surface area contributed by atoms with E-state index in [2.05, 4.69) is 25.4 Å². The number of aromatic nitrogens is 4. The molecular weight excluding hydrogens is 206 g/mol. The Morgan fingerprint density at radius 1 is 1.25 bits per heavy atom. The number of nitrogens with one attached hydrogen (secondary N) is 1. The first-order chi connectivity index (χ1) is 7.93. The number of rotatable bonds is 2. The summed E-state index contributed by atoms with van der Waals surface area (Å²) in [6, 6.07) is 1.94. The van der Waals surface area contributed by atoms with Gasteiger partial charge in [-0.1, -0.05) is 5.16 Å². The van der Waals surface area contributed by atoms with E-state index >= 15 is 0 Å². The van der Waals surface area contributed by atoms with Gasteiger partial charge in [0.05, 0.1) is 6.04 Å². The Hall–Kier alpha value is -1.82. The van der Waals surface area contributed by atoms with E-state index in [1.54, 1.807) is 18.5 Å². The van der Waals surface area contributed by atoms with Crippen LogP contribution in [0.5, 0.6) is 0 Å². The van der Waals surface area contributed by atoms with Crippen molar-refractivity contribution in [2.45, 2.75) is 18.9 Å². The minimum absolute atomic E-state index is 0.185. The Morgan fingerprint density at radius 2 is 2.12 bits per heavy atom. The third-order valence-corrected chi connectivity index (χ3v) is 2.57. The summed E-state index contributed by atoms with van der Waals surface area (Å²) in [5.74, 6) is 1.57. The van der Waals surface area contributed by atoms with Crippen molar-refractivity contribution in [3.05, 3.63) is 24.4 Å². The molecule has 0 bridgehead atoms. The van der Waals surface area contributed by atoms with Crippen LogP contribution in [-0.2, 0) is 0 Å². The van der Waals surface area contributed by atoms with Crippen LogP contribution in [0.25, 0.3) is 11.6 Å². The molecule has 16 heavy (non-hydrogen) atoms. The quantitative estimate of drug-likeness (QED) is 0.807. The van der Waals surface area contributed by atoms with E-state index in [4.69, 9.17) is 4.52 Å². The molecule has 1 saturated heterocycles.